The molecule has 1 N–H and O–H groups in total. The van der Waals surface area contributed by atoms with Crippen LogP contribution in [0, 0.1) is 6.92 Å². The number of aromatic nitrogens is 2. The molecule has 0 aliphatic carbocycles. The third-order valence-electron chi connectivity index (χ3n) is 6.07. The molecule has 3 aromatic carbocycles. The fraction of sp³-hybridized carbons (Fsp3) is 0.0968. The van der Waals surface area contributed by atoms with Crippen LogP contribution in [0.15, 0.2) is 103 Å². The smallest absolute Gasteiger partial charge is 0.304 e. The molecular weight excluding hydrogens is 462 g/mol. The van der Waals surface area contributed by atoms with Gasteiger partial charge in [0.1, 0.15) is 0 Å². The molecule has 5 rings (SSSR count). The van der Waals surface area contributed by atoms with Crippen LogP contribution < -0.4 is 5.32 Å². The molecule has 6 nitrogen and oxygen atoms in total. The van der Waals surface area contributed by atoms with Gasteiger partial charge in [-0.1, -0.05) is 78.9 Å². The van der Waals surface area contributed by atoms with E-state index in [0.717, 1.165) is 16.8 Å². The average Bonchev–Trinajstić information content (AvgIpc) is 2.92. The Morgan fingerprint density at radius 2 is 1.51 bits per heavy atom. The Hall–Kier alpha value is -4.84. The fourth-order valence-electron chi connectivity index (χ4n) is 4.44. The Bertz CT molecular complexity index is 1580. The standard InChI is InChI=1S/C31H25N3O3/c1-20-28(24-17-18-32-27(19-24)22-11-5-3-6-12-22)29(25-15-9-10-16-26(25)33-20)30(36)34-31(37-21(2)35)23-13-7-4-8-14-23/h3-19,31H,1-2H3,(H,34,36). The zero-order valence-electron chi connectivity index (χ0n) is 20.5. The maximum atomic E-state index is 14.0. The largest absolute Gasteiger partial charge is 0.437 e. The highest BCUT2D eigenvalue weighted by molar-refractivity contribution is 6.12. The van der Waals surface area contributed by atoms with Crippen LogP contribution in [0.4, 0.5) is 0 Å². The molecule has 1 atom stereocenters. The van der Waals surface area contributed by atoms with Gasteiger partial charge in [0.2, 0.25) is 6.23 Å². The molecule has 0 aliphatic rings. The van der Waals surface area contributed by atoms with Crippen LogP contribution in [-0.4, -0.2) is 21.8 Å². The molecular formula is C31H25N3O3. The van der Waals surface area contributed by atoms with Gasteiger partial charge >= 0.3 is 5.97 Å². The van der Waals surface area contributed by atoms with E-state index in [2.05, 4.69) is 10.3 Å². The first-order valence-corrected chi connectivity index (χ1v) is 12.0. The molecule has 0 radical (unpaired) electrons. The van der Waals surface area contributed by atoms with Crippen molar-refractivity contribution in [2.75, 3.05) is 0 Å². The molecule has 5 aromatic rings. The van der Waals surface area contributed by atoms with Gasteiger partial charge in [-0.2, -0.15) is 0 Å². The maximum Gasteiger partial charge on any atom is 0.304 e. The first kappa shape index (κ1) is 23.9. The minimum Gasteiger partial charge on any atom is -0.437 e. The van der Waals surface area contributed by atoms with E-state index in [1.165, 1.54) is 6.92 Å². The number of hydrogen-bond donors (Lipinski definition) is 1. The lowest BCUT2D eigenvalue weighted by Gasteiger charge is -2.21. The number of aryl methyl sites for hydroxylation is 1. The Kier molecular flexibility index (Phi) is 6.72. The van der Waals surface area contributed by atoms with Gasteiger partial charge in [0.05, 0.1) is 16.8 Å². The number of hydrogen-bond acceptors (Lipinski definition) is 5. The molecule has 1 amide bonds. The summed E-state index contributed by atoms with van der Waals surface area (Å²) in [5, 5.41) is 3.63. The van der Waals surface area contributed by atoms with Crippen molar-refractivity contribution in [1.29, 1.82) is 0 Å². The number of rotatable bonds is 6. The number of para-hydroxylation sites is 1. The number of benzene rings is 3. The Labute approximate surface area is 215 Å². The second-order valence-electron chi connectivity index (χ2n) is 8.63. The zero-order chi connectivity index (χ0) is 25.8. The Balaban J connectivity index is 1.65. The van der Waals surface area contributed by atoms with Crippen molar-refractivity contribution in [3.8, 4) is 22.4 Å². The van der Waals surface area contributed by atoms with Crippen LogP contribution in [-0.2, 0) is 9.53 Å². The van der Waals surface area contributed by atoms with E-state index >= 15 is 0 Å². The lowest BCUT2D eigenvalue weighted by molar-refractivity contribution is -0.147. The third-order valence-corrected chi connectivity index (χ3v) is 6.07. The first-order valence-electron chi connectivity index (χ1n) is 12.0. The number of amides is 1. The number of nitrogens with zero attached hydrogens (tertiary/aromatic N) is 2. The fourth-order valence-corrected chi connectivity index (χ4v) is 4.44. The van der Waals surface area contributed by atoms with E-state index in [1.54, 1.807) is 18.3 Å². The van der Waals surface area contributed by atoms with Gasteiger partial charge in [-0.15, -0.1) is 0 Å². The minimum atomic E-state index is -0.941. The summed E-state index contributed by atoms with van der Waals surface area (Å²) >= 11 is 0. The molecule has 1 unspecified atom stereocenters. The molecule has 2 aromatic heterocycles. The van der Waals surface area contributed by atoms with Gasteiger partial charge in [-0.25, -0.2) is 0 Å². The van der Waals surface area contributed by atoms with Crippen LogP contribution in [0.25, 0.3) is 33.3 Å². The molecule has 2 heterocycles. The van der Waals surface area contributed by atoms with Crippen molar-refractivity contribution >= 4 is 22.8 Å². The summed E-state index contributed by atoms with van der Waals surface area (Å²) in [6.45, 7) is 3.21. The van der Waals surface area contributed by atoms with Crippen LogP contribution in [0.1, 0.15) is 34.8 Å². The van der Waals surface area contributed by atoms with Crippen molar-refractivity contribution < 1.29 is 14.3 Å². The van der Waals surface area contributed by atoms with Crippen LogP contribution in [0.2, 0.25) is 0 Å². The van der Waals surface area contributed by atoms with E-state index in [-0.39, 0.29) is 5.91 Å². The number of nitrogens with one attached hydrogen (secondary N) is 1. The van der Waals surface area contributed by atoms with E-state index in [1.807, 2.05) is 91.9 Å². The summed E-state index contributed by atoms with van der Waals surface area (Å²) in [5.41, 5.74) is 5.82. The van der Waals surface area contributed by atoms with Crippen molar-refractivity contribution in [2.45, 2.75) is 20.1 Å². The molecule has 0 fully saturated rings. The second-order valence-corrected chi connectivity index (χ2v) is 8.63. The number of ether oxygens (including phenoxy) is 1. The first-order chi connectivity index (χ1) is 18.0. The Morgan fingerprint density at radius 3 is 2.24 bits per heavy atom. The summed E-state index contributed by atoms with van der Waals surface area (Å²) in [7, 11) is 0. The van der Waals surface area contributed by atoms with Crippen molar-refractivity contribution in [3.63, 3.8) is 0 Å². The lowest BCUT2D eigenvalue weighted by atomic mass is 9.93. The van der Waals surface area contributed by atoms with Gasteiger partial charge < -0.3 is 10.1 Å². The van der Waals surface area contributed by atoms with E-state index < -0.39 is 12.2 Å². The SMILES string of the molecule is CC(=O)OC(NC(=O)c1c(-c2ccnc(-c3ccccc3)c2)c(C)nc2ccccc12)c1ccccc1. The number of carbonyl (C=O) groups excluding carboxylic acids is 2. The highest BCUT2D eigenvalue weighted by atomic mass is 16.6. The molecule has 0 saturated heterocycles. The third kappa shape index (κ3) is 5.09. The molecule has 0 aliphatic heterocycles. The predicted octanol–water partition coefficient (Wildman–Crippen LogP) is 6.26. The quantitative estimate of drug-likeness (QED) is 0.226. The molecule has 0 saturated carbocycles. The van der Waals surface area contributed by atoms with Gasteiger partial charge in [-0.3, -0.25) is 19.6 Å². The highest BCUT2D eigenvalue weighted by Gasteiger charge is 2.25. The summed E-state index contributed by atoms with van der Waals surface area (Å²) in [6.07, 6.45) is 0.795. The number of pyridine rings is 2. The van der Waals surface area contributed by atoms with Gasteiger partial charge in [0.25, 0.3) is 5.91 Å². The number of esters is 1. The Morgan fingerprint density at radius 1 is 0.838 bits per heavy atom. The molecule has 37 heavy (non-hydrogen) atoms. The number of fused-ring (bicyclic) bond motifs is 1. The molecule has 6 heteroatoms. The van der Waals surface area contributed by atoms with E-state index in [9.17, 15) is 9.59 Å². The topological polar surface area (TPSA) is 81.2 Å². The van der Waals surface area contributed by atoms with Gasteiger partial charge in [0, 0.05) is 40.9 Å². The summed E-state index contributed by atoms with van der Waals surface area (Å²) in [5.74, 6) is -0.864. The highest BCUT2D eigenvalue weighted by Crippen LogP contribution is 2.34. The molecule has 182 valence electrons. The van der Waals surface area contributed by atoms with Crippen molar-refractivity contribution in [2.24, 2.45) is 0 Å². The molecule has 0 spiro atoms. The summed E-state index contributed by atoms with van der Waals surface area (Å²) < 4.78 is 5.50. The van der Waals surface area contributed by atoms with Crippen LogP contribution >= 0.6 is 0 Å². The van der Waals surface area contributed by atoms with Crippen molar-refractivity contribution in [1.82, 2.24) is 15.3 Å². The van der Waals surface area contributed by atoms with Crippen LogP contribution in [0.3, 0.4) is 0 Å². The zero-order valence-corrected chi connectivity index (χ0v) is 20.5. The number of carbonyl (C=O) groups is 2. The summed E-state index contributed by atoms with van der Waals surface area (Å²) in [6, 6.07) is 30.4. The van der Waals surface area contributed by atoms with Crippen molar-refractivity contribution in [3.05, 3.63) is 120 Å². The average molecular weight is 488 g/mol. The second kappa shape index (κ2) is 10.4. The maximum absolute atomic E-state index is 14.0. The normalized spacial score (nSPS) is 11.6. The van der Waals surface area contributed by atoms with Crippen LogP contribution in [0.5, 0.6) is 0 Å². The lowest BCUT2D eigenvalue weighted by Crippen LogP contribution is -2.32. The monoisotopic (exact) mass is 487 g/mol. The van der Waals surface area contributed by atoms with E-state index in [0.29, 0.717) is 33.3 Å². The van der Waals surface area contributed by atoms with Gasteiger partial charge in [-0.05, 0) is 30.7 Å². The van der Waals surface area contributed by atoms with E-state index in [4.69, 9.17) is 9.72 Å². The summed E-state index contributed by atoms with van der Waals surface area (Å²) in [4.78, 5) is 35.2. The minimum absolute atomic E-state index is 0.370. The van der Waals surface area contributed by atoms with Gasteiger partial charge in [0.15, 0.2) is 0 Å². The molecule has 0 bridgehead atoms. The predicted molar refractivity (Wildman–Crippen MR) is 144 cm³/mol.